The standard InChI is InChI=1S/C24H18FN3O3S/c25-16-10-12-17(13-11-16)26-21(29)14-27-20-9-5-4-8-19(20)24(23(27)31)28(22(30)15-32-24)18-6-2-1-3-7-18/h1-13H,14-15H2,(H,26,29)/t24-/m0/s1. The van der Waals surface area contributed by atoms with E-state index in [1.165, 1.54) is 45.8 Å². The molecule has 3 aromatic carbocycles. The number of carbonyl (C=O) groups excluding carboxylic acids is 3. The van der Waals surface area contributed by atoms with E-state index in [0.29, 0.717) is 22.6 Å². The smallest absolute Gasteiger partial charge is 0.269 e. The van der Waals surface area contributed by atoms with Crippen molar-refractivity contribution in [2.24, 2.45) is 0 Å². The molecule has 0 unspecified atom stereocenters. The molecule has 1 N–H and O–H groups in total. The molecule has 5 rings (SSSR count). The number of nitrogens with zero attached hydrogens (tertiary/aromatic N) is 2. The van der Waals surface area contributed by atoms with Crippen molar-refractivity contribution in [1.29, 1.82) is 0 Å². The Labute approximate surface area is 188 Å². The molecule has 1 fully saturated rings. The van der Waals surface area contributed by atoms with Crippen LogP contribution in [-0.2, 0) is 19.3 Å². The number of carbonyl (C=O) groups is 3. The van der Waals surface area contributed by atoms with Gasteiger partial charge in [0.15, 0.2) is 0 Å². The van der Waals surface area contributed by atoms with Crippen LogP contribution in [0.1, 0.15) is 5.56 Å². The molecule has 6 nitrogen and oxygen atoms in total. The summed E-state index contributed by atoms with van der Waals surface area (Å²) in [6, 6.07) is 21.7. The number of thioether (sulfide) groups is 1. The van der Waals surface area contributed by atoms with Gasteiger partial charge in [-0.2, -0.15) is 0 Å². The first-order valence-corrected chi connectivity index (χ1v) is 11.0. The highest BCUT2D eigenvalue weighted by Crippen LogP contribution is 2.55. The largest absolute Gasteiger partial charge is 0.325 e. The summed E-state index contributed by atoms with van der Waals surface area (Å²) in [6.45, 7) is -0.230. The summed E-state index contributed by atoms with van der Waals surface area (Å²) in [4.78, 5) is 41.2. The van der Waals surface area contributed by atoms with Gasteiger partial charge < -0.3 is 5.32 Å². The van der Waals surface area contributed by atoms with E-state index in [0.717, 1.165) is 0 Å². The maximum absolute atomic E-state index is 13.8. The lowest BCUT2D eigenvalue weighted by Gasteiger charge is -2.33. The highest BCUT2D eigenvalue weighted by atomic mass is 32.2. The average Bonchev–Trinajstić information content (AvgIpc) is 3.27. The van der Waals surface area contributed by atoms with E-state index in [1.807, 2.05) is 30.3 Å². The summed E-state index contributed by atoms with van der Waals surface area (Å²) < 4.78 is 13.1. The summed E-state index contributed by atoms with van der Waals surface area (Å²) in [5.41, 5.74) is 2.33. The Balaban J connectivity index is 1.50. The van der Waals surface area contributed by atoms with Crippen LogP contribution >= 0.6 is 11.8 Å². The molecule has 8 heteroatoms. The van der Waals surface area contributed by atoms with Crippen LogP contribution in [0.4, 0.5) is 21.5 Å². The Morgan fingerprint density at radius 3 is 2.41 bits per heavy atom. The van der Waals surface area contributed by atoms with Gasteiger partial charge in [-0.05, 0) is 42.5 Å². The Morgan fingerprint density at radius 1 is 0.969 bits per heavy atom. The summed E-state index contributed by atoms with van der Waals surface area (Å²) in [7, 11) is 0. The van der Waals surface area contributed by atoms with Crippen LogP contribution < -0.4 is 15.1 Å². The molecule has 0 saturated carbocycles. The fourth-order valence-corrected chi connectivity index (χ4v) is 5.53. The van der Waals surface area contributed by atoms with Crippen LogP contribution in [0.25, 0.3) is 0 Å². The zero-order chi connectivity index (χ0) is 22.3. The third-order valence-electron chi connectivity index (χ3n) is 5.51. The number of anilines is 3. The van der Waals surface area contributed by atoms with Gasteiger partial charge >= 0.3 is 0 Å². The zero-order valence-electron chi connectivity index (χ0n) is 16.8. The SMILES string of the molecule is O=C(CN1C(=O)[C@@]2(SCC(=O)N2c2ccccc2)c2ccccc21)Nc1ccc(F)cc1. The minimum absolute atomic E-state index is 0.157. The minimum atomic E-state index is -1.26. The molecule has 0 aliphatic carbocycles. The predicted molar refractivity (Wildman–Crippen MR) is 122 cm³/mol. The second-order valence-electron chi connectivity index (χ2n) is 7.46. The molecule has 0 aromatic heterocycles. The van der Waals surface area contributed by atoms with Gasteiger partial charge in [0, 0.05) is 16.9 Å². The van der Waals surface area contributed by atoms with E-state index in [-0.39, 0.29) is 24.1 Å². The molecular weight excluding hydrogens is 429 g/mol. The van der Waals surface area contributed by atoms with E-state index in [1.54, 1.807) is 24.3 Å². The number of amides is 3. The number of benzene rings is 3. The van der Waals surface area contributed by atoms with Gasteiger partial charge in [-0.25, -0.2) is 4.39 Å². The maximum atomic E-state index is 13.8. The lowest BCUT2D eigenvalue weighted by Crippen LogP contribution is -2.50. The Hall–Kier alpha value is -3.65. The van der Waals surface area contributed by atoms with Gasteiger partial charge in [0.1, 0.15) is 12.4 Å². The third kappa shape index (κ3) is 3.15. The summed E-state index contributed by atoms with van der Waals surface area (Å²) in [5, 5.41) is 2.69. The molecule has 0 radical (unpaired) electrons. The zero-order valence-corrected chi connectivity index (χ0v) is 17.6. The molecule has 0 bridgehead atoms. The first-order valence-electron chi connectivity index (χ1n) is 9.99. The van der Waals surface area contributed by atoms with Crippen molar-refractivity contribution in [1.82, 2.24) is 0 Å². The quantitative estimate of drug-likeness (QED) is 0.662. The van der Waals surface area contributed by atoms with Crippen molar-refractivity contribution in [3.05, 3.63) is 90.2 Å². The van der Waals surface area contributed by atoms with Crippen LogP contribution in [0.3, 0.4) is 0 Å². The van der Waals surface area contributed by atoms with Gasteiger partial charge in [-0.15, -0.1) is 11.8 Å². The first-order chi connectivity index (χ1) is 15.5. The van der Waals surface area contributed by atoms with E-state index in [2.05, 4.69) is 5.32 Å². The summed E-state index contributed by atoms with van der Waals surface area (Å²) >= 11 is 1.26. The van der Waals surface area contributed by atoms with Crippen molar-refractivity contribution < 1.29 is 18.8 Å². The number of fused-ring (bicyclic) bond motifs is 2. The number of hydrogen-bond acceptors (Lipinski definition) is 4. The number of rotatable bonds is 4. The molecule has 2 aliphatic heterocycles. The van der Waals surface area contributed by atoms with Crippen molar-refractivity contribution >= 4 is 46.5 Å². The van der Waals surface area contributed by atoms with E-state index in [4.69, 9.17) is 0 Å². The molecule has 3 amide bonds. The second-order valence-corrected chi connectivity index (χ2v) is 8.63. The minimum Gasteiger partial charge on any atom is -0.325 e. The monoisotopic (exact) mass is 447 g/mol. The molecule has 2 aliphatic rings. The van der Waals surface area contributed by atoms with Crippen molar-refractivity contribution in [2.75, 3.05) is 27.4 Å². The third-order valence-corrected chi connectivity index (χ3v) is 6.89. The van der Waals surface area contributed by atoms with Gasteiger partial charge in [0.2, 0.25) is 16.7 Å². The maximum Gasteiger partial charge on any atom is 0.269 e. The molecule has 2 heterocycles. The lowest BCUT2D eigenvalue weighted by atomic mass is 10.0. The van der Waals surface area contributed by atoms with Crippen LogP contribution in [0, 0.1) is 5.82 Å². The number of para-hydroxylation sites is 2. The van der Waals surface area contributed by atoms with Crippen molar-refractivity contribution in [3.63, 3.8) is 0 Å². The highest BCUT2D eigenvalue weighted by molar-refractivity contribution is 8.02. The average molecular weight is 447 g/mol. The van der Waals surface area contributed by atoms with Gasteiger partial charge in [-0.1, -0.05) is 36.4 Å². The normalized spacial score (nSPS) is 19.5. The van der Waals surface area contributed by atoms with Crippen LogP contribution in [0.5, 0.6) is 0 Å². The van der Waals surface area contributed by atoms with E-state index in [9.17, 15) is 18.8 Å². The van der Waals surface area contributed by atoms with Gasteiger partial charge in [0.05, 0.1) is 11.4 Å². The molecule has 160 valence electrons. The Kier molecular flexibility index (Phi) is 4.94. The van der Waals surface area contributed by atoms with Crippen molar-refractivity contribution in [3.8, 4) is 0 Å². The predicted octanol–water partition coefficient (Wildman–Crippen LogP) is 3.74. The molecule has 1 spiro atoms. The van der Waals surface area contributed by atoms with E-state index < -0.39 is 16.6 Å². The fourth-order valence-electron chi connectivity index (χ4n) is 4.17. The topological polar surface area (TPSA) is 69.7 Å². The summed E-state index contributed by atoms with van der Waals surface area (Å²) in [5.74, 6) is -1.17. The fraction of sp³-hybridized carbons (Fsp3) is 0.125. The summed E-state index contributed by atoms with van der Waals surface area (Å²) in [6.07, 6.45) is 0. The van der Waals surface area contributed by atoms with Gasteiger partial charge in [0.25, 0.3) is 5.91 Å². The van der Waals surface area contributed by atoms with Gasteiger partial charge in [-0.3, -0.25) is 24.2 Å². The Morgan fingerprint density at radius 2 is 1.66 bits per heavy atom. The first kappa shape index (κ1) is 20.3. The molecule has 32 heavy (non-hydrogen) atoms. The molecule has 1 atom stereocenters. The Bertz CT molecular complexity index is 1220. The number of nitrogens with one attached hydrogen (secondary N) is 1. The molecule has 3 aromatic rings. The van der Waals surface area contributed by atoms with Crippen molar-refractivity contribution in [2.45, 2.75) is 4.87 Å². The van der Waals surface area contributed by atoms with Crippen LogP contribution in [-0.4, -0.2) is 30.0 Å². The number of halogens is 1. The van der Waals surface area contributed by atoms with E-state index >= 15 is 0 Å². The highest BCUT2D eigenvalue weighted by Gasteiger charge is 2.61. The second kappa shape index (κ2) is 7.80. The lowest BCUT2D eigenvalue weighted by molar-refractivity contribution is -0.124. The molecule has 1 saturated heterocycles. The molecular formula is C24H18FN3O3S. The van der Waals surface area contributed by atoms with Crippen LogP contribution in [0.2, 0.25) is 0 Å². The van der Waals surface area contributed by atoms with Crippen LogP contribution in [0.15, 0.2) is 78.9 Å². The number of hydrogen-bond donors (Lipinski definition) is 1.